The minimum Gasteiger partial charge on any atom is -0.493 e. The molecule has 2 aliphatic carbocycles. The van der Waals surface area contributed by atoms with Gasteiger partial charge in [0.1, 0.15) is 6.10 Å². The van der Waals surface area contributed by atoms with Gasteiger partial charge in [-0.1, -0.05) is 12.1 Å². The van der Waals surface area contributed by atoms with Crippen LogP contribution in [-0.2, 0) is 21.4 Å². The number of esters is 1. The molecule has 0 amide bonds. The zero-order valence-electron chi connectivity index (χ0n) is 14.8. The first-order chi connectivity index (χ1) is 12.1. The van der Waals surface area contributed by atoms with E-state index in [1.807, 2.05) is 12.1 Å². The molecule has 4 aliphatic rings. The third-order valence-corrected chi connectivity index (χ3v) is 6.64. The Morgan fingerprint density at radius 3 is 2.96 bits per heavy atom. The number of hydrogen-bond donors (Lipinski definition) is 0. The summed E-state index contributed by atoms with van der Waals surface area (Å²) in [6, 6.07) is 4.65. The van der Waals surface area contributed by atoms with Crippen LogP contribution in [0.3, 0.4) is 0 Å². The number of ether oxygens (including phenoxy) is 3. The van der Waals surface area contributed by atoms with Crippen molar-refractivity contribution < 1.29 is 19.0 Å². The molecular formula is C20H23NO4. The Labute approximate surface area is 147 Å². The first kappa shape index (κ1) is 15.3. The maximum atomic E-state index is 11.6. The van der Waals surface area contributed by atoms with Crippen molar-refractivity contribution in [2.75, 3.05) is 20.7 Å². The van der Waals surface area contributed by atoms with Crippen molar-refractivity contribution in [1.82, 2.24) is 4.90 Å². The molecule has 1 aromatic carbocycles. The van der Waals surface area contributed by atoms with E-state index in [0.29, 0.717) is 12.0 Å². The molecule has 1 fully saturated rings. The van der Waals surface area contributed by atoms with Crippen LogP contribution in [0.1, 0.15) is 24.5 Å². The molecule has 2 aliphatic heterocycles. The molecule has 0 aromatic heterocycles. The lowest BCUT2D eigenvalue weighted by Crippen LogP contribution is -2.65. The molecule has 5 rings (SSSR count). The highest BCUT2D eigenvalue weighted by Gasteiger charge is 2.65. The zero-order valence-corrected chi connectivity index (χ0v) is 14.8. The topological polar surface area (TPSA) is 48.0 Å². The van der Waals surface area contributed by atoms with Gasteiger partial charge in [-0.25, -0.2) is 0 Å². The predicted molar refractivity (Wildman–Crippen MR) is 92.0 cm³/mol. The first-order valence-electron chi connectivity index (χ1n) is 8.99. The number of nitrogens with zero attached hydrogens (tertiary/aromatic N) is 1. The number of rotatable bonds is 2. The summed E-state index contributed by atoms with van der Waals surface area (Å²) >= 11 is 0. The number of likely N-dealkylation sites (N-methyl/N-ethyl adjacent to an activating group) is 1. The molecule has 0 N–H and O–H groups in total. The molecule has 5 nitrogen and oxygen atoms in total. The summed E-state index contributed by atoms with van der Waals surface area (Å²) in [7, 11) is 3.89. The summed E-state index contributed by atoms with van der Waals surface area (Å²) in [4.78, 5) is 14.1. The summed E-state index contributed by atoms with van der Waals surface area (Å²) in [6.45, 7) is 2.49. The molecule has 25 heavy (non-hydrogen) atoms. The summed E-state index contributed by atoms with van der Waals surface area (Å²) in [5, 5.41) is 0. The van der Waals surface area contributed by atoms with Crippen LogP contribution in [-0.4, -0.2) is 49.8 Å². The van der Waals surface area contributed by atoms with Gasteiger partial charge in [-0.05, 0) is 44.1 Å². The monoisotopic (exact) mass is 341 g/mol. The molecule has 2 heterocycles. The standard InChI is InChI=1S/C20H23NO4/c1-11(22)24-16-7-5-13-14-10-12-4-6-15(23-3)18-17(12)20(13,19(16)25-18)8-9-21(14)2/h4-7,13-14,16,19H,8-10H2,1-3H3/t13-,14-,16-,19-,20-/m0/s1. The average molecular weight is 341 g/mol. The summed E-state index contributed by atoms with van der Waals surface area (Å²) < 4.78 is 17.7. The fourth-order valence-corrected chi connectivity index (χ4v) is 5.66. The van der Waals surface area contributed by atoms with E-state index in [-0.39, 0.29) is 23.6 Å². The highest BCUT2D eigenvalue weighted by atomic mass is 16.6. The predicted octanol–water partition coefficient (Wildman–Crippen LogP) is 2.07. The lowest BCUT2D eigenvalue weighted by Gasteiger charge is -2.56. The Morgan fingerprint density at radius 2 is 2.20 bits per heavy atom. The Balaban J connectivity index is 1.74. The lowest BCUT2D eigenvalue weighted by atomic mass is 9.53. The van der Waals surface area contributed by atoms with Crippen molar-refractivity contribution in [2.45, 2.75) is 43.4 Å². The molecule has 132 valence electrons. The van der Waals surface area contributed by atoms with Crippen LogP contribution >= 0.6 is 0 Å². The second kappa shape index (κ2) is 5.01. The van der Waals surface area contributed by atoms with Crippen molar-refractivity contribution in [2.24, 2.45) is 5.92 Å². The SMILES string of the molecule is COc1ccc2c3c1O[C@H]1[C@@H](OC(C)=O)C=C[C@H]4[C@H](C2)N(C)CC[C@@]341. The number of piperidine rings is 1. The molecule has 0 saturated carbocycles. The number of carbonyl (C=O) groups excluding carboxylic acids is 1. The van der Waals surface area contributed by atoms with Crippen LogP contribution in [0.4, 0.5) is 0 Å². The van der Waals surface area contributed by atoms with Gasteiger partial charge in [0.05, 0.1) is 7.11 Å². The van der Waals surface area contributed by atoms with Crippen molar-refractivity contribution in [3.8, 4) is 11.5 Å². The Morgan fingerprint density at radius 1 is 1.36 bits per heavy atom. The van der Waals surface area contributed by atoms with Crippen LogP contribution in [0.5, 0.6) is 11.5 Å². The van der Waals surface area contributed by atoms with Gasteiger partial charge in [-0.15, -0.1) is 0 Å². The molecule has 1 spiro atoms. The second-order valence-corrected chi connectivity index (χ2v) is 7.70. The Bertz CT molecular complexity index is 788. The van der Waals surface area contributed by atoms with Gasteiger partial charge in [-0.2, -0.15) is 0 Å². The summed E-state index contributed by atoms with van der Waals surface area (Å²) in [5.41, 5.74) is 2.53. The molecule has 1 aromatic rings. The van der Waals surface area contributed by atoms with Crippen LogP contribution in [0, 0.1) is 5.92 Å². The van der Waals surface area contributed by atoms with Gasteiger partial charge >= 0.3 is 5.97 Å². The number of methoxy groups -OCH3 is 1. The smallest absolute Gasteiger partial charge is 0.303 e. The molecule has 5 heteroatoms. The van der Waals surface area contributed by atoms with Gasteiger partial charge in [0.15, 0.2) is 17.6 Å². The Kier molecular flexibility index (Phi) is 3.06. The number of benzene rings is 1. The van der Waals surface area contributed by atoms with Crippen LogP contribution in [0.2, 0.25) is 0 Å². The second-order valence-electron chi connectivity index (χ2n) is 7.70. The van der Waals surface area contributed by atoms with Crippen LogP contribution < -0.4 is 9.47 Å². The minimum atomic E-state index is -0.346. The van der Waals surface area contributed by atoms with Crippen molar-refractivity contribution >= 4 is 5.97 Å². The van der Waals surface area contributed by atoms with E-state index in [4.69, 9.17) is 14.2 Å². The largest absolute Gasteiger partial charge is 0.493 e. The average Bonchev–Trinajstić information content (AvgIpc) is 2.94. The van der Waals surface area contributed by atoms with Crippen molar-refractivity contribution in [3.63, 3.8) is 0 Å². The molecule has 0 radical (unpaired) electrons. The minimum absolute atomic E-state index is 0.122. The van der Waals surface area contributed by atoms with E-state index in [2.05, 4.69) is 24.1 Å². The van der Waals surface area contributed by atoms with Gasteiger partial charge in [0.2, 0.25) is 0 Å². The fraction of sp³-hybridized carbons (Fsp3) is 0.550. The third kappa shape index (κ3) is 1.79. The molecule has 0 unspecified atom stereocenters. The van der Waals surface area contributed by atoms with Gasteiger partial charge in [-0.3, -0.25) is 4.79 Å². The maximum absolute atomic E-state index is 11.6. The molecule has 2 bridgehead atoms. The van der Waals surface area contributed by atoms with E-state index >= 15 is 0 Å². The highest BCUT2D eigenvalue weighted by Crippen LogP contribution is 2.62. The normalized spacial score (nSPS) is 37.2. The van der Waals surface area contributed by atoms with E-state index in [0.717, 1.165) is 30.9 Å². The summed E-state index contributed by atoms with van der Waals surface area (Å²) in [5.74, 6) is 1.75. The number of likely N-dealkylation sites (tertiary alicyclic amines) is 1. The molecular weight excluding hydrogens is 318 g/mol. The lowest BCUT2D eigenvalue weighted by molar-refractivity contribution is -0.152. The Hall–Kier alpha value is -2.01. The van der Waals surface area contributed by atoms with Gasteiger partial charge in [0, 0.05) is 29.9 Å². The quantitative estimate of drug-likeness (QED) is 0.609. The van der Waals surface area contributed by atoms with Gasteiger partial charge in [0.25, 0.3) is 0 Å². The van der Waals surface area contributed by atoms with Gasteiger partial charge < -0.3 is 19.1 Å². The van der Waals surface area contributed by atoms with Crippen molar-refractivity contribution in [1.29, 1.82) is 0 Å². The first-order valence-corrected chi connectivity index (χ1v) is 8.99. The van der Waals surface area contributed by atoms with E-state index in [1.165, 1.54) is 18.1 Å². The maximum Gasteiger partial charge on any atom is 0.303 e. The molecule has 5 atom stereocenters. The zero-order chi connectivity index (χ0) is 17.3. The van der Waals surface area contributed by atoms with Crippen LogP contribution in [0.25, 0.3) is 0 Å². The van der Waals surface area contributed by atoms with Crippen LogP contribution in [0.15, 0.2) is 24.3 Å². The van der Waals surface area contributed by atoms with E-state index in [9.17, 15) is 4.79 Å². The molecule has 1 saturated heterocycles. The fourth-order valence-electron chi connectivity index (χ4n) is 5.66. The van der Waals surface area contributed by atoms with Crippen molar-refractivity contribution in [3.05, 3.63) is 35.4 Å². The highest BCUT2D eigenvalue weighted by molar-refractivity contribution is 5.67. The van der Waals surface area contributed by atoms with E-state index in [1.54, 1.807) is 7.11 Å². The number of carbonyl (C=O) groups is 1. The summed E-state index contributed by atoms with van der Waals surface area (Å²) in [6.07, 6.45) is 5.81. The third-order valence-electron chi connectivity index (χ3n) is 6.64. The van der Waals surface area contributed by atoms with E-state index < -0.39 is 0 Å². The number of hydrogen-bond acceptors (Lipinski definition) is 5.